The van der Waals surface area contributed by atoms with Crippen LogP contribution in [0, 0.1) is 11.8 Å². The molecule has 7 nitrogen and oxygen atoms in total. The Hall–Kier alpha value is -2.67. The number of methoxy groups -OCH3 is 1. The van der Waals surface area contributed by atoms with E-state index in [4.69, 9.17) is 15.5 Å². The highest BCUT2D eigenvalue weighted by molar-refractivity contribution is 5.90. The first-order chi connectivity index (χ1) is 16.4. The zero-order chi connectivity index (χ0) is 24.2. The van der Waals surface area contributed by atoms with Crippen LogP contribution in [-0.2, 0) is 16.1 Å². The predicted octanol–water partition coefficient (Wildman–Crippen LogP) is 4.56. The number of amides is 1. The Kier molecular flexibility index (Phi) is 7.71. The molecule has 2 aromatic rings. The maximum absolute atomic E-state index is 13.5. The quantitative estimate of drug-likeness (QED) is 0.604. The maximum Gasteiger partial charge on any atom is 0.337 e. The molecule has 1 aromatic carbocycles. The van der Waals surface area contributed by atoms with Crippen LogP contribution < -0.4 is 5.73 Å². The van der Waals surface area contributed by atoms with Gasteiger partial charge in [-0.3, -0.25) is 4.79 Å². The highest BCUT2D eigenvalue weighted by atomic mass is 16.5. The number of ether oxygens (including phenoxy) is 1. The molecule has 2 N–H and O–H groups in total. The molecule has 2 aliphatic rings. The van der Waals surface area contributed by atoms with Gasteiger partial charge in [-0.15, -0.1) is 0 Å². The van der Waals surface area contributed by atoms with Crippen molar-refractivity contribution in [2.24, 2.45) is 17.6 Å². The summed E-state index contributed by atoms with van der Waals surface area (Å²) in [4.78, 5) is 32.6. The van der Waals surface area contributed by atoms with E-state index < -0.39 is 6.04 Å². The number of aromatic nitrogens is 2. The molecule has 0 spiro atoms. The summed E-state index contributed by atoms with van der Waals surface area (Å²) < 4.78 is 7.07. The van der Waals surface area contributed by atoms with Gasteiger partial charge in [0.2, 0.25) is 5.91 Å². The van der Waals surface area contributed by atoms with Crippen LogP contribution in [0.3, 0.4) is 0 Å². The molecule has 1 aromatic heterocycles. The van der Waals surface area contributed by atoms with E-state index in [2.05, 4.69) is 24.6 Å². The summed E-state index contributed by atoms with van der Waals surface area (Å²) in [7, 11) is 1.38. The summed E-state index contributed by atoms with van der Waals surface area (Å²) in [6, 6.07) is 6.80. The lowest BCUT2D eigenvalue weighted by Gasteiger charge is -2.40. The number of hydrogen-bond donors (Lipinski definition) is 1. The van der Waals surface area contributed by atoms with Crippen LogP contribution in [0.1, 0.15) is 81.0 Å². The molecule has 0 unspecified atom stereocenters. The van der Waals surface area contributed by atoms with E-state index >= 15 is 0 Å². The molecule has 3 atom stereocenters. The molecular weight excluding hydrogens is 428 g/mol. The van der Waals surface area contributed by atoms with Gasteiger partial charge in [0.15, 0.2) is 0 Å². The van der Waals surface area contributed by atoms with E-state index in [-0.39, 0.29) is 23.8 Å². The van der Waals surface area contributed by atoms with Crippen LogP contribution in [0.4, 0.5) is 0 Å². The molecule has 1 amide bonds. The Morgan fingerprint density at radius 2 is 1.97 bits per heavy atom. The van der Waals surface area contributed by atoms with E-state index in [1.54, 1.807) is 6.07 Å². The number of nitrogens with zero attached hydrogens (tertiary/aromatic N) is 3. The fourth-order valence-corrected chi connectivity index (χ4v) is 5.37. The van der Waals surface area contributed by atoms with Gasteiger partial charge in [-0.2, -0.15) is 0 Å². The minimum atomic E-state index is -0.489. The molecule has 1 aliphatic heterocycles. The SMILES string of the molecule is CC[C@H](C)[C@H](N)C(=O)N1CCn2cc(-c3cccc(C(=O)OC)c3)nc2[C@@H]1CC1CCCCC1. The Balaban J connectivity index is 1.67. The van der Waals surface area contributed by atoms with Crippen molar-refractivity contribution in [1.29, 1.82) is 0 Å². The largest absolute Gasteiger partial charge is 0.465 e. The third kappa shape index (κ3) is 5.04. The van der Waals surface area contributed by atoms with E-state index in [9.17, 15) is 9.59 Å². The van der Waals surface area contributed by atoms with Crippen LogP contribution in [0.2, 0.25) is 0 Å². The lowest BCUT2D eigenvalue weighted by atomic mass is 9.83. The van der Waals surface area contributed by atoms with E-state index in [0.717, 1.165) is 29.9 Å². The second kappa shape index (κ2) is 10.7. The van der Waals surface area contributed by atoms with E-state index in [0.29, 0.717) is 24.6 Å². The smallest absolute Gasteiger partial charge is 0.337 e. The number of nitrogens with two attached hydrogens (primary N) is 1. The molecule has 1 fully saturated rings. The number of rotatable bonds is 7. The molecule has 0 bridgehead atoms. The molecule has 1 aliphatic carbocycles. The van der Waals surface area contributed by atoms with Crippen molar-refractivity contribution in [2.75, 3.05) is 13.7 Å². The molecule has 1 saturated carbocycles. The van der Waals surface area contributed by atoms with Gasteiger partial charge < -0.3 is 19.9 Å². The average molecular weight is 467 g/mol. The van der Waals surface area contributed by atoms with E-state index in [1.807, 2.05) is 23.1 Å². The minimum Gasteiger partial charge on any atom is -0.465 e. The predicted molar refractivity (Wildman–Crippen MR) is 132 cm³/mol. The Labute approximate surface area is 202 Å². The van der Waals surface area contributed by atoms with Crippen molar-refractivity contribution >= 4 is 11.9 Å². The third-order valence-corrected chi connectivity index (χ3v) is 7.75. The van der Waals surface area contributed by atoms with Gasteiger partial charge in [0.1, 0.15) is 5.82 Å². The fourth-order valence-electron chi connectivity index (χ4n) is 5.37. The molecule has 0 saturated heterocycles. The van der Waals surface area contributed by atoms with E-state index in [1.165, 1.54) is 39.2 Å². The Morgan fingerprint density at radius 3 is 2.68 bits per heavy atom. The summed E-state index contributed by atoms with van der Waals surface area (Å²) in [6.07, 6.45) is 10.1. The Morgan fingerprint density at radius 1 is 1.21 bits per heavy atom. The van der Waals surface area contributed by atoms with Gasteiger partial charge in [0.05, 0.1) is 30.5 Å². The van der Waals surface area contributed by atoms with Crippen LogP contribution >= 0.6 is 0 Å². The monoisotopic (exact) mass is 466 g/mol. The number of esters is 1. The number of imidazole rings is 1. The summed E-state index contributed by atoms with van der Waals surface area (Å²) in [5, 5.41) is 0. The summed E-state index contributed by atoms with van der Waals surface area (Å²) in [5.74, 6) is 1.35. The summed E-state index contributed by atoms with van der Waals surface area (Å²) in [5.41, 5.74) is 8.60. The highest BCUT2D eigenvalue weighted by Gasteiger charge is 2.37. The number of benzene rings is 1. The van der Waals surface area contributed by atoms with Crippen LogP contribution in [0.15, 0.2) is 30.5 Å². The van der Waals surface area contributed by atoms with Crippen molar-refractivity contribution in [1.82, 2.24) is 14.5 Å². The number of hydrogen-bond acceptors (Lipinski definition) is 5. The second-order valence-electron chi connectivity index (χ2n) is 9.95. The minimum absolute atomic E-state index is 0.0404. The summed E-state index contributed by atoms with van der Waals surface area (Å²) >= 11 is 0. The molecule has 184 valence electrons. The summed E-state index contributed by atoms with van der Waals surface area (Å²) in [6.45, 7) is 5.47. The normalized spacial score (nSPS) is 20.5. The van der Waals surface area contributed by atoms with Crippen molar-refractivity contribution in [3.8, 4) is 11.3 Å². The van der Waals surface area contributed by atoms with Crippen molar-refractivity contribution in [3.63, 3.8) is 0 Å². The topological polar surface area (TPSA) is 90.5 Å². The third-order valence-electron chi connectivity index (χ3n) is 7.75. The van der Waals surface area contributed by atoms with Gasteiger partial charge in [0.25, 0.3) is 0 Å². The average Bonchev–Trinajstić information content (AvgIpc) is 3.33. The van der Waals surface area contributed by atoms with Gasteiger partial charge in [-0.25, -0.2) is 9.78 Å². The molecule has 2 heterocycles. The Bertz CT molecular complexity index is 1010. The first kappa shape index (κ1) is 24.5. The second-order valence-corrected chi connectivity index (χ2v) is 9.95. The first-order valence-corrected chi connectivity index (χ1v) is 12.7. The molecule has 7 heteroatoms. The first-order valence-electron chi connectivity index (χ1n) is 12.7. The number of fused-ring (bicyclic) bond motifs is 1. The van der Waals surface area contributed by atoms with Crippen molar-refractivity contribution < 1.29 is 14.3 Å². The maximum atomic E-state index is 13.5. The molecule has 0 radical (unpaired) electrons. The number of carbonyl (C=O) groups is 2. The van der Waals surface area contributed by atoms with Crippen LogP contribution in [0.5, 0.6) is 0 Å². The lowest BCUT2D eigenvalue weighted by Crippen LogP contribution is -2.51. The van der Waals surface area contributed by atoms with Crippen LogP contribution in [-0.4, -0.2) is 46.0 Å². The fraction of sp³-hybridized carbons (Fsp3) is 0.593. The molecule has 4 rings (SSSR count). The van der Waals surface area contributed by atoms with Gasteiger partial charge >= 0.3 is 5.97 Å². The molecular formula is C27H38N4O3. The highest BCUT2D eigenvalue weighted by Crippen LogP contribution is 2.38. The van der Waals surface area contributed by atoms with Gasteiger partial charge in [-0.1, -0.05) is 64.5 Å². The van der Waals surface area contributed by atoms with Crippen molar-refractivity contribution in [2.45, 2.75) is 77.4 Å². The van der Waals surface area contributed by atoms with Crippen molar-refractivity contribution in [3.05, 3.63) is 41.9 Å². The zero-order valence-corrected chi connectivity index (χ0v) is 20.7. The van der Waals surface area contributed by atoms with Gasteiger partial charge in [0, 0.05) is 24.8 Å². The number of carbonyl (C=O) groups excluding carboxylic acids is 2. The van der Waals surface area contributed by atoms with Crippen LogP contribution in [0.25, 0.3) is 11.3 Å². The lowest BCUT2D eigenvalue weighted by molar-refractivity contribution is -0.138. The standard InChI is InChI=1S/C27H38N4O3/c1-4-18(2)24(28)26(32)31-14-13-30-17-22(20-11-8-12-21(16-20)27(33)34-3)29-25(30)23(31)15-19-9-6-5-7-10-19/h8,11-12,16-19,23-24H,4-7,9-10,13-15,28H2,1-3H3/t18-,23-,24-/m0/s1. The zero-order valence-electron chi connectivity index (χ0n) is 20.7. The van der Waals surface area contributed by atoms with Gasteiger partial charge in [-0.05, 0) is 30.4 Å². The molecule has 34 heavy (non-hydrogen) atoms.